The third-order valence-electron chi connectivity index (χ3n) is 5.84. The highest BCUT2D eigenvalue weighted by Crippen LogP contribution is 2.25. The highest BCUT2D eigenvalue weighted by molar-refractivity contribution is 6.33. The average molecular weight is 476 g/mol. The van der Waals surface area contributed by atoms with Gasteiger partial charge in [-0.1, -0.05) is 54.1 Å². The fourth-order valence-electron chi connectivity index (χ4n) is 3.94. The molecule has 0 atom stereocenters. The summed E-state index contributed by atoms with van der Waals surface area (Å²) in [4.78, 5) is 30.9. The summed E-state index contributed by atoms with van der Waals surface area (Å²) in [5, 5.41) is 4.26. The van der Waals surface area contributed by atoms with E-state index in [4.69, 9.17) is 16.3 Å². The van der Waals surface area contributed by atoms with Crippen LogP contribution in [0.5, 0.6) is 5.75 Å². The first kappa shape index (κ1) is 23.4. The van der Waals surface area contributed by atoms with E-state index in [-0.39, 0.29) is 24.7 Å². The van der Waals surface area contributed by atoms with Gasteiger partial charge in [-0.2, -0.15) is 0 Å². The second-order valence-corrected chi connectivity index (χ2v) is 8.60. The highest BCUT2D eigenvalue weighted by atomic mass is 35.5. The maximum Gasteiger partial charge on any atom is 0.322 e. The largest absolute Gasteiger partial charge is 0.496 e. The van der Waals surface area contributed by atoms with Gasteiger partial charge >= 0.3 is 6.03 Å². The molecule has 1 heterocycles. The lowest BCUT2D eigenvalue weighted by Crippen LogP contribution is -2.36. The number of aromatic amines is 1. The van der Waals surface area contributed by atoms with E-state index in [1.807, 2.05) is 56.3 Å². The Morgan fingerprint density at radius 2 is 1.65 bits per heavy atom. The molecule has 0 unspecified atom stereocenters. The number of nitrogens with zero attached hydrogens (tertiary/aromatic N) is 1. The molecule has 6 nitrogen and oxygen atoms in total. The Morgan fingerprint density at radius 1 is 0.971 bits per heavy atom. The van der Waals surface area contributed by atoms with Crippen LogP contribution in [-0.4, -0.2) is 23.0 Å². The molecular formula is C27H26ClN3O3. The first-order valence-electron chi connectivity index (χ1n) is 10.9. The zero-order valence-electron chi connectivity index (χ0n) is 19.3. The Kier molecular flexibility index (Phi) is 6.89. The third kappa shape index (κ3) is 4.92. The van der Waals surface area contributed by atoms with Crippen LogP contribution < -0.4 is 15.6 Å². The van der Waals surface area contributed by atoms with Crippen LogP contribution in [0.15, 0.2) is 71.5 Å². The van der Waals surface area contributed by atoms with E-state index in [2.05, 4.69) is 10.3 Å². The van der Waals surface area contributed by atoms with Crippen molar-refractivity contribution in [3.63, 3.8) is 0 Å². The molecule has 34 heavy (non-hydrogen) atoms. The summed E-state index contributed by atoms with van der Waals surface area (Å²) in [6, 6.07) is 20.0. The summed E-state index contributed by atoms with van der Waals surface area (Å²) in [5.74, 6) is 0.664. The van der Waals surface area contributed by atoms with Crippen LogP contribution in [-0.2, 0) is 13.1 Å². The van der Waals surface area contributed by atoms with Gasteiger partial charge in [0.1, 0.15) is 5.75 Å². The molecule has 174 valence electrons. The minimum atomic E-state index is -0.375. The monoisotopic (exact) mass is 475 g/mol. The molecule has 0 aliphatic rings. The van der Waals surface area contributed by atoms with Crippen LogP contribution in [0, 0.1) is 13.8 Å². The number of fused-ring (bicyclic) bond motifs is 1. The number of amides is 2. The molecule has 3 aromatic carbocycles. The highest BCUT2D eigenvalue weighted by Gasteiger charge is 2.20. The lowest BCUT2D eigenvalue weighted by Gasteiger charge is -2.24. The number of anilines is 1. The molecule has 4 rings (SSSR count). The Balaban J connectivity index is 1.72. The molecule has 0 saturated carbocycles. The number of carbonyl (C=O) groups excluding carboxylic acids is 1. The topological polar surface area (TPSA) is 74.4 Å². The summed E-state index contributed by atoms with van der Waals surface area (Å²) in [6.45, 7) is 4.31. The Labute approximate surface area is 203 Å². The van der Waals surface area contributed by atoms with Gasteiger partial charge in [0.15, 0.2) is 0 Å². The number of carbonyl (C=O) groups is 1. The number of urea groups is 1. The number of rotatable bonds is 6. The number of pyridine rings is 1. The summed E-state index contributed by atoms with van der Waals surface area (Å²) in [6.07, 6.45) is 0. The summed E-state index contributed by atoms with van der Waals surface area (Å²) in [5.41, 5.74) is 4.44. The number of hydrogen-bond acceptors (Lipinski definition) is 3. The smallest absolute Gasteiger partial charge is 0.322 e. The van der Waals surface area contributed by atoms with Gasteiger partial charge in [-0.25, -0.2) is 4.79 Å². The number of aryl methyl sites for hydroxylation is 2. The van der Waals surface area contributed by atoms with Crippen LogP contribution in [0.25, 0.3) is 10.9 Å². The van der Waals surface area contributed by atoms with Gasteiger partial charge < -0.3 is 19.9 Å². The molecule has 0 fully saturated rings. The molecule has 4 aromatic rings. The predicted octanol–water partition coefficient (Wildman–Crippen LogP) is 6.04. The maximum absolute atomic E-state index is 13.4. The molecule has 0 aliphatic heterocycles. The number of para-hydroxylation sites is 2. The third-order valence-corrected chi connectivity index (χ3v) is 6.17. The van der Waals surface area contributed by atoms with Crippen LogP contribution in [0.2, 0.25) is 5.02 Å². The fraction of sp³-hybridized carbons (Fsp3) is 0.185. The van der Waals surface area contributed by atoms with Gasteiger partial charge in [-0.05, 0) is 49.2 Å². The van der Waals surface area contributed by atoms with E-state index in [0.29, 0.717) is 22.0 Å². The van der Waals surface area contributed by atoms with Crippen molar-refractivity contribution in [1.29, 1.82) is 0 Å². The van der Waals surface area contributed by atoms with E-state index in [0.717, 1.165) is 27.6 Å². The molecule has 2 amide bonds. The van der Waals surface area contributed by atoms with Gasteiger partial charge in [0, 0.05) is 16.5 Å². The molecule has 0 saturated heterocycles. The SMILES string of the molecule is COc1ccccc1CN(Cc1cc2c(C)ccc(C)c2[nH]c1=O)C(=O)Nc1ccccc1Cl. The van der Waals surface area contributed by atoms with E-state index in [9.17, 15) is 9.59 Å². The molecule has 7 heteroatoms. The molecule has 1 aromatic heterocycles. The first-order valence-corrected chi connectivity index (χ1v) is 11.3. The standard InChI is InChI=1S/C27H26ClN3O3/c1-17-12-13-18(2)25-21(17)14-20(26(32)30-25)16-31(15-19-8-4-7-11-24(19)34-3)27(33)29-23-10-6-5-9-22(23)28/h4-14H,15-16H2,1-3H3,(H,29,33)(H,30,32). The van der Waals surface area contributed by atoms with Gasteiger partial charge in [-0.15, -0.1) is 0 Å². The number of ether oxygens (including phenoxy) is 1. The van der Waals surface area contributed by atoms with E-state index >= 15 is 0 Å². The number of halogens is 1. The predicted molar refractivity (Wildman–Crippen MR) is 137 cm³/mol. The van der Waals surface area contributed by atoms with Gasteiger partial charge in [0.2, 0.25) is 0 Å². The lowest BCUT2D eigenvalue weighted by molar-refractivity contribution is 0.205. The maximum atomic E-state index is 13.4. The van der Waals surface area contributed by atoms with Crippen LogP contribution in [0.1, 0.15) is 22.3 Å². The number of hydrogen-bond donors (Lipinski definition) is 2. The van der Waals surface area contributed by atoms with Crippen molar-refractivity contribution in [3.8, 4) is 5.75 Å². The normalized spacial score (nSPS) is 10.8. The quantitative estimate of drug-likeness (QED) is 0.357. The van der Waals surface area contributed by atoms with Crippen molar-refractivity contribution in [3.05, 3.63) is 104 Å². The molecule has 0 spiro atoms. The van der Waals surface area contributed by atoms with E-state index in [1.165, 1.54) is 0 Å². The number of nitrogens with one attached hydrogen (secondary N) is 2. The summed E-state index contributed by atoms with van der Waals surface area (Å²) >= 11 is 6.26. The number of benzene rings is 3. The second-order valence-electron chi connectivity index (χ2n) is 8.19. The van der Waals surface area contributed by atoms with E-state index < -0.39 is 0 Å². The zero-order chi connectivity index (χ0) is 24.2. The van der Waals surface area contributed by atoms with Crippen molar-refractivity contribution in [2.45, 2.75) is 26.9 Å². The van der Waals surface area contributed by atoms with Gasteiger partial charge in [0.05, 0.1) is 36.4 Å². The number of methoxy groups -OCH3 is 1. The van der Waals surface area contributed by atoms with E-state index in [1.54, 1.807) is 36.3 Å². The number of aromatic nitrogens is 1. The molecule has 0 bridgehead atoms. The Bertz CT molecular complexity index is 1410. The summed E-state index contributed by atoms with van der Waals surface area (Å²) < 4.78 is 5.48. The van der Waals surface area contributed by atoms with Crippen molar-refractivity contribution in [2.24, 2.45) is 0 Å². The minimum Gasteiger partial charge on any atom is -0.496 e. The zero-order valence-corrected chi connectivity index (χ0v) is 20.1. The van der Waals surface area contributed by atoms with Crippen LogP contribution in [0.3, 0.4) is 0 Å². The fourth-order valence-corrected chi connectivity index (χ4v) is 4.12. The van der Waals surface area contributed by atoms with Crippen molar-refractivity contribution in [1.82, 2.24) is 9.88 Å². The van der Waals surface area contributed by atoms with Gasteiger partial charge in [-0.3, -0.25) is 4.79 Å². The Morgan fingerprint density at radius 3 is 2.41 bits per heavy atom. The van der Waals surface area contributed by atoms with Crippen molar-refractivity contribution >= 4 is 34.2 Å². The first-order chi connectivity index (χ1) is 16.4. The second kappa shape index (κ2) is 10.0. The van der Waals surface area contributed by atoms with Gasteiger partial charge in [0.25, 0.3) is 5.56 Å². The van der Waals surface area contributed by atoms with Crippen molar-refractivity contribution < 1.29 is 9.53 Å². The molecule has 0 radical (unpaired) electrons. The molecule has 2 N–H and O–H groups in total. The Hall–Kier alpha value is -3.77. The summed E-state index contributed by atoms with van der Waals surface area (Å²) in [7, 11) is 1.59. The minimum absolute atomic E-state index is 0.104. The van der Waals surface area contributed by atoms with Crippen LogP contribution >= 0.6 is 11.6 Å². The molecule has 0 aliphatic carbocycles. The lowest BCUT2D eigenvalue weighted by atomic mass is 10.0. The van der Waals surface area contributed by atoms with Crippen molar-refractivity contribution in [2.75, 3.05) is 12.4 Å². The number of H-pyrrole nitrogens is 1. The molecular weight excluding hydrogens is 450 g/mol. The van der Waals surface area contributed by atoms with Crippen LogP contribution in [0.4, 0.5) is 10.5 Å². The average Bonchev–Trinajstić information content (AvgIpc) is 2.83.